The number of carbonyl (C=O) groups is 1. The SMILES string of the molecule is O=C(Nc1ccc(OCC(F)(F)C(F)(F)F)c(C(F)(F)F)c1)c1ccc(F)cc1. The number of benzene rings is 2. The molecule has 0 fully saturated rings. The quantitative estimate of drug-likeness (QED) is 0.620. The molecule has 1 N–H and O–H groups in total. The molecule has 0 atom stereocenters. The maximum Gasteiger partial charge on any atom is 0.456 e. The van der Waals surface area contributed by atoms with E-state index in [1.807, 2.05) is 0 Å². The van der Waals surface area contributed by atoms with Crippen LogP contribution in [0.2, 0.25) is 0 Å². The standard InChI is InChI=1S/C17H10F9NO2/c18-10-3-1-9(2-4-10)14(28)27-11-5-6-13(12(7-11)16(21,22)23)29-8-15(19,20)17(24,25)26/h1-7H,8H2,(H,27,28). The summed E-state index contributed by atoms with van der Waals surface area (Å²) < 4.78 is 119. The molecule has 0 aliphatic heterocycles. The molecule has 2 aromatic rings. The van der Waals surface area contributed by atoms with Crippen molar-refractivity contribution < 1.29 is 49.0 Å². The Bertz CT molecular complexity index is 874. The number of hydrogen-bond acceptors (Lipinski definition) is 2. The highest BCUT2D eigenvalue weighted by Crippen LogP contribution is 2.40. The van der Waals surface area contributed by atoms with Gasteiger partial charge < -0.3 is 10.1 Å². The summed E-state index contributed by atoms with van der Waals surface area (Å²) in [5.41, 5.74) is -2.21. The van der Waals surface area contributed by atoms with E-state index in [0.29, 0.717) is 12.1 Å². The third kappa shape index (κ3) is 5.55. The van der Waals surface area contributed by atoms with Crippen molar-refractivity contribution in [3.63, 3.8) is 0 Å². The molecule has 0 spiro atoms. The number of anilines is 1. The number of nitrogens with one attached hydrogen (secondary N) is 1. The van der Waals surface area contributed by atoms with E-state index in [0.717, 1.165) is 30.3 Å². The molecule has 2 aromatic carbocycles. The fourth-order valence-electron chi connectivity index (χ4n) is 2.01. The van der Waals surface area contributed by atoms with Crippen molar-refractivity contribution in [3.05, 3.63) is 59.4 Å². The molecule has 0 heterocycles. The van der Waals surface area contributed by atoms with E-state index < -0.39 is 53.6 Å². The van der Waals surface area contributed by atoms with Crippen LogP contribution in [-0.2, 0) is 6.18 Å². The van der Waals surface area contributed by atoms with Gasteiger partial charge in [0.1, 0.15) is 11.6 Å². The summed E-state index contributed by atoms with van der Waals surface area (Å²) in [5.74, 6) is -8.21. The zero-order chi connectivity index (χ0) is 22.0. The van der Waals surface area contributed by atoms with Gasteiger partial charge in [-0.25, -0.2) is 4.39 Å². The second kappa shape index (κ2) is 7.84. The largest absolute Gasteiger partial charge is 0.486 e. The van der Waals surface area contributed by atoms with Crippen LogP contribution in [-0.4, -0.2) is 24.6 Å². The van der Waals surface area contributed by atoms with Crippen LogP contribution >= 0.6 is 0 Å². The lowest BCUT2D eigenvalue weighted by Crippen LogP contribution is -2.42. The molecule has 1 amide bonds. The first-order valence-corrected chi connectivity index (χ1v) is 7.56. The molecule has 0 aliphatic carbocycles. The van der Waals surface area contributed by atoms with E-state index in [2.05, 4.69) is 10.1 Å². The molecule has 0 unspecified atom stereocenters. The molecule has 29 heavy (non-hydrogen) atoms. The van der Waals surface area contributed by atoms with Gasteiger partial charge in [0.25, 0.3) is 5.91 Å². The van der Waals surface area contributed by atoms with Gasteiger partial charge in [-0.15, -0.1) is 0 Å². The molecule has 0 aliphatic rings. The van der Waals surface area contributed by atoms with Crippen molar-refractivity contribution in [2.75, 3.05) is 11.9 Å². The van der Waals surface area contributed by atoms with Crippen LogP contribution in [0.3, 0.4) is 0 Å². The zero-order valence-electron chi connectivity index (χ0n) is 14.0. The van der Waals surface area contributed by atoms with E-state index in [-0.39, 0.29) is 5.56 Å². The number of hydrogen-bond donors (Lipinski definition) is 1. The van der Waals surface area contributed by atoms with Crippen molar-refractivity contribution >= 4 is 11.6 Å². The van der Waals surface area contributed by atoms with Crippen molar-refractivity contribution in [1.82, 2.24) is 0 Å². The van der Waals surface area contributed by atoms with Crippen molar-refractivity contribution in [1.29, 1.82) is 0 Å². The normalized spacial score (nSPS) is 12.6. The van der Waals surface area contributed by atoms with Gasteiger partial charge in [0.2, 0.25) is 0 Å². The van der Waals surface area contributed by atoms with Crippen molar-refractivity contribution in [3.8, 4) is 5.75 Å². The molecule has 0 saturated heterocycles. The molecular weight excluding hydrogens is 421 g/mol. The highest BCUT2D eigenvalue weighted by atomic mass is 19.4. The first kappa shape index (κ1) is 22.4. The Morgan fingerprint density at radius 2 is 1.48 bits per heavy atom. The monoisotopic (exact) mass is 431 g/mol. The summed E-state index contributed by atoms with van der Waals surface area (Å²) in [6.07, 6.45) is -11.2. The van der Waals surface area contributed by atoms with Crippen molar-refractivity contribution in [2.24, 2.45) is 0 Å². The predicted molar refractivity (Wildman–Crippen MR) is 82.3 cm³/mol. The summed E-state index contributed by atoms with van der Waals surface area (Å²) in [5, 5.41) is 2.07. The first-order chi connectivity index (χ1) is 13.2. The van der Waals surface area contributed by atoms with Crippen LogP contribution in [0.4, 0.5) is 45.2 Å². The molecule has 3 nitrogen and oxygen atoms in total. The Balaban J connectivity index is 2.25. The summed E-state index contributed by atoms with van der Waals surface area (Å²) in [7, 11) is 0. The highest BCUT2D eigenvalue weighted by molar-refractivity contribution is 6.04. The van der Waals surface area contributed by atoms with Gasteiger partial charge in [0, 0.05) is 11.3 Å². The first-order valence-electron chi connectivity index (χ1n) is 7.56. The van der Waals surface area contributed by atoms with Crippen LogP contribution in [0.25, 0.3) is 0 Å². The second-order valence-electron chi connectivity index (χ2n) is 5.66. The number of rotatable bonds is 5. The second-order valence-corrected chi connectivity index (χ2v) is 5.66. The lowest BCUT2D eigenvalue weighted by molar-refractivity contribution is -0.290. The minimum absolute atomic E-state index is 0.0925. The van der Waals surface area contributed by atoms with Crippen molar-refractivity contribution in [2.45, 2.75) is 18.3 Å². The molecule has 0 radical (unpaired) electrons. The zero-order valence-corrected chi connectivity index (χ0v) is 14.0. The third-order valence-corrected chi connectivity index (χ3v) is 3.47. The number of carbonyl (C=O) groups excluding carboxylic acids is 1. The van der Waals surface area contributed by atoms with Gasteiger partial charge in [-0.1, -0.05) is 0 Å². The molecule has 0 bridgehead atoms. The molecule has 2 rings (SSSR count). The number of halogens is 9. The van der Waals surface area contributed by atoms with Crippen LogP contribution in [0.5, 0.6) is 5.75 Å². The van der Waals surface area contributed by atoms with Gasteiger partial charge in [-0.2, -0.15) is 35.1 Å². The van der Waals surface area contributed by atoms with Crippen LogP contribution in [0.1, 0.15) is 15.9 Å². The lowest BCUT2D eigenvalue weighted by atomic mass is 10.1. The smallest absolute Gasteiger partial charge is 0.456 e. The summed E-state index contributed by atoms with van der Waals surface area (Å²) in [6, 6.07) is 5.62. The number of amides is 1. The van der Waals surface area contributed by atoms with E-state index in [1.165, 1.54) is 0 Å². The minimum Gasteiger partial charge on any atom is -0.486 e. The molecule has 158 valence electrons. The summed E-state index contributed by atoms with van der Waals surface area (Å²) in [6.45, 7) is -2.36. The highest BCUT2D eigenvalue weighted by Gasteiger charge is 2.58. The number of alkyl halides is 8. The fraction of sp³-hybridized carbons (Fsp3) is 0.235. The average Bonchev–Trinajstić information content (AvgIpc) is 2.59. The topological polar surface area (TPSA) is 38.3 Å². The van der Waals surface area contributed by atoms with Crippen LogP contribution in [0, 0.1) is 5.82 Å². The minimum atomic E-state index is -6.01. The maximum absolute atomic E-state index is 13.1. The molecular formula is C17H10F9NO2. The molecule has 0 saturated carbocycles. The van der Waals surface area contributed by atoms with Crippen LogP contribution in [0.15, 0.2) is 42.5 Å². The van der Waals surface area contributed by atoms with E-state index in [1.54, 1.807) is 0 Å². The average molecular weight is 431 g/mol. The van der Waals surface area contributed by atoms with E-state index in [4.69, 9.17) is 0 Å². The van der Waals surface area contributed by atoms with Gasteiger partial charge in [0.05, 0.1) is 5.56 Å². The Kier molecular flexibility index (Phi) is 6.04. The Hall–Kier alpha value is -2.92. The summed E-state index contributed by atoms with van der Waals surface area (Å²) in [4.78, 5) is 12.0. The Morgan fingerprint density at radius 1 is 0.897 bits per heavy atom. The summed E-state index contributed by atoms with van der Waals surface area (Å²) >= 11 is 0. The third-order valence-electron chi connectivity index (χ3n) is 3.47. The van der Waals surface area contributed by atoms with E-state index in [9.17, 15) is 44.3 Å². The van der Waals surface area contributed by atoms with Gasteiger partial charge in [-0.05, 0) is 42.5 Å². The van der Waals surface area contributed by atoms with E-state index >= 15 is 0 Å². The maximum atomic E-state index is 13.1. The van der Waals surface area contributed by atoms with Gasteiger partial charge in [0.15, 0.2) is 6.61 Å². The Morgan fingerprint density at radius 3 is 2.00 bits per heavy atom. The predicted octanol–water partition coefficient (Wildman–Crippen LogP) is 5.67. The fourth-order valence-corrected chi connectivity index (χ4v) is 2.01. The number of ether oxygens (including phenoxy) is 1. The van der Waals surface area contributed by atoms with Gasteiger partial charge >= 0.3 is 18.3 Å². The Labute approximate surface area is 157 Å². The molecule has 12 heteroatoms. The molecule has 0 aromatic heterocycles. The van der Waals surface area contributed by atoms with Crippen LogP contribution < -0.4 is 10.1 Å². The van der Waals surface area contributed by atoms with Gasteiger partial charge in [-0.3, -0.25) is 4.79 Å². The lowest BCUT2D eigenvalue weighted by Gasteiger charge is -2.21.